The van der Waals surface area contributed by atoms with Gasteiger partial charge in [-0.1, -0.05) is 19.1 Å². The Morgan fingerprint density at radius 1 is 1.50 bits per heavy atom. The average molecular weight is 211 g/mol. The molecule has 0 radical (unpaired) electrons. The van der Waals surface area contributed by atoms with Crippen LogP contribution >= 0.6 is 11.8 Å². The number of fused-ring (bicyclic) bond motifs is 1. The number of rotatable bonds is 1. The zero-order chi connectivity index (χ0) is 10.1. The summed E-state index contributed by atoms with van der Waals surface area (Å²) in [6, 6.07) is 5.64. The van der Waals surface area contributed by atoms with Gasteiger partial charge in [-0.2, -0.15) is 11.8 Å². The fraction of sp³-hybridized carbons (Fsp3) is 0.455. The third-order valence-electron chi connectivity index (χ3n) is 2.76. The summed E-state index contributed by atoms with van der Waals surface area (Å²) in [6.07, 6.45) is 0. The zero-order valence-corrected chi connectivity index (χ0v) is 9.20. The van der Waals surface area contributed by atoms with E-state index in [9.17, 15) is 4.39 Å². The van der Waals surface area contributed by atoms with Crippen LogP contribution in [0.1, 0.15) is 24.1 Å². The highest BCUT2D eigenvalue weighted by Gasteiger charge is 2.27. The molecule has 0 fully saturated rings. The van der Waals surface area contributed by atoms with Crippen molar-refractivity contribution in [2.45, 2.75) is 24.0 Å². The molecular weight excluding hydrogens is 197 g/mol. The molecule has 14 heavy (non-hydrogen) atoms. The molecule has 0 bridgehead atoms. The standard InChI is InChI=1S/C11H14FNS/c1-7-11(13-2)8-4-3-5-10(12)9(8)6-14-7/h3-5,7,11,13H,6H2,1-2H3. The van der Waals surface area contributed by atoms with Crippen LogP contribution in [0.3, 0.4) is 0 Å². The minimum absolute atomic E-state index is 0.0675. The topological polar surface area (TPSA) is 12.0 Å². The monoisotopic (exact) mass is 211 g/mol. The first-order valence-corrected chi connectivity index (χ1v) is 5.85. The van der Waals surface area contributed by atoms with Crippen LogP contribution in [0.15, 0.2) is 18.2 Å². The summed E-state index contributed by atoms with van der Waals surface area (Å²) in [5.74, 6) is 0.726. The second-order valence-corrected chi connectivity index (χ2v) is 4.96. The van der Waals surface area contributed by atoms with Gasteiger partial charge in [0, 0.05) is 22.6 Å². The van der Waals surface area contributed by atoms with Crippen molar-refractivity contribution in [2.75, 3.05) is 7.05 Å². The first-order chi connectivity index (χ1) is 6.74. The van der Waals surface area contributed by atoms with Gasteiger partial charge in [0.2, 0.25) is 0 Å². The van der Waals surface area contributed by atoms with Gasteiger partial charge in [0.15, 0.2) is 0 Å². The molecule has 0 saturated carbocycles. The van der Waals surface area contributed by atoms with Gasteiger partial charge in [-0.3, -0.25) is 0 Å². The first kappa shape index (κ1) is 9.99. The van der Waals surface area contributed by atoms with Gasteiger partial charge in [-0.05, 0) is 18.7 Å². The second kappa shape index (κ2) is 3.91. The van der Waals surface area contributed by atoms with Gasteiger partial charge >= 0.3 is 0 Å². The maximum absolute atomic E-state index is 13.5. The lowest BCUT2D eigenvalue weighted by Gasteiger charge is -2.30. The Balaban J connectivity index is 2.46. The Morgan fingerprint density at radius 2 is 2.29 bits per heavy atom. The van der Waals surface area contributed by atoms with Crippen molar-refractivity contribution in [1.82, 2.24) is 5.32 Å². The Morgan fingerprint density at radius 3 is 3.00 bits per heavy atom. The van der Waals surface area contributed by atoms with E-state index in [4.69, 9.17) is 0 Å². The summed E-state index contributed by atoms with van der Waals surface area (Å²) in [7, 11) is 1.93. The minimum atomic E-state index is -0.0675. The van der Waals surface area contributed by atoms with E-state index in [1.807, 2.05) is 13.1 Å². The SMILES string of the molecule is CNC1c2cccc(F)c2CSC1C. The van der Waals surface area contributed by atoms with Crippen LogP contribution < -0.4 is 5.32 Å². The smallest absolute Gasteiger partial charge is 0.127 e. The van der Waals surface area contributed by atoms with Crippen molar-refractivity contribution < 1.29 is 4.39 Å². The van der Waals surface area contributed by atoms with E-state index in [0.717, 1.165) is 16.9 Å². The highest BCUT2D eigenvalue weighted by Crippen LogP contribution is 2.37. The lowest BCUT2D eigenvalue weighted by molar-refractivity contribution is 0.557. The molecule has 1 aliphatic rings. The molecule has 76 valence electrons. The molecule has 0 aliphatic carbocycles. The van der Waals surface area contributed by atoms with Crippen molar-refractivity contribution in [3.63, 3.8) is 0 Å². The maximum Gasteiger partial charge on any atom is 0.127 e. The third-order valence-corrected chi connectivity index (χ3v) is 4.01. The maximum atomic E-state index is 13.5. The normalized spacial score (nSPS) is 25.9. The van der Waals surface area contributed by atoms with E-state index in [2.05, 4.69) is 12.2 Å². The fourth-order valence-corrected chi connectivity index (χ4v) is 3.18. The molecule has 0 spiro atoms. The number of benzene rings is 1. The number of nitrogens with one attached hydrogen (secondary N) is 1. The number of hydrogen-bond acceptors (Lipinski definition) is 2. The van der Waals surface area contributed by atoms with E-state index in [1.165, 1.54) is 0 Å². The molecule has 2 rings (SSSR count). The summed E-state index contributed by atoms with van der Waals surface area (Å²) >= 11 is 1.81. The van der Waals surface area contributed by atoms with Crippen molar-refractivity contribution in [2.24, 2.45) is 0 Å². The Bertz CT molecular complexity index is 340. The summed E-state index contributed by atoms with van der Waals surface area (Å²) in [5, 5.41) is 3.76. The molecule has 1 nitrogen and oxygen atoms in total. The molecule has 3 heteroatoms. The molecule has 0 aromatic heterocycles. The van der Waals surface area contributed by atoms with Crippen LogP contribution in [0.25, 0.3) is 0 Å². The predicted octanol–water partition coefficient (Wildman–Crippen LogP) is 2.72. The van der Waals surface area contributed by atoms with Crippen molar-refractivity contribution in [3.8, 4) is 0 Å². The lowest BCUT2D eigenvalue weighted by atomic mass is 9.98. The molecule has 1 heterocycles. The molecule has 2 unspecified atom stereocenters. The molecule has 1 aromatic rings. The predicted molar refractivity (Wildman–Crippen MR) is 59.0 cm³/mol. The van der Waals surface area contributed by atoms with Gasteiger partial charge in [0.05, 0.1) is 0 Å². The van der Waals surface area contributed by atoms with Crippen LogP contribution in [-0.2, 0) is 5.75 Å². The summed E-state index contributed by atoms with van der Waals surface area (Å²) in [5.41, 5.74) is 1.99. The van der Waals surface area contributed by atoms with Crippen LogP contribution in [-0.4, -0.2) is 12.3 Å². The molecule has 0 saturated heterocycles. The van der Waals surface area contributed by atoms with Crippen LogP contribution in [0.2, 0.25) is 0 Å². The largest absolute Gasteiger partial charge is 0.312 e. The van der Waals surface area contributed by atoms with E-state index in [0.29, 0.717) is 5.25 Å². The van der Waals surface area contributed by atoms with Gasteiger partial charge in [-0.15, -0.1) is 0 Å². The van der Waals surface area contributed by atoms with Crippen molar-refractivity contribution >= 4 is 11.8 Å². The number of halogens is 1. The number of hydrogen-bond donors (Lipinski definition) is 1. The quantitative estimate of drug-likeness (QED) is 0.766. The Hall–Kier alpha value is -0.540. The van der Waals surface area contributed by atoms with Gasteiger partial charge < -0.3 is 5.32 Å². The van der Waals surface area contributed by atoms with Gasteiger partial charge in [-0.25, -0.2) is 4.39 Å². The fourth-order valence-electron chi connectivity index (χ4n) is 1.97. The number of thioether (sulfide) groups is 1. The van der Waals surface area contributed by atoms with E-state index in [1.54, 1.807) is 23.9 Å². The molecule has 1 N–H and O–H groups in total. The van der Waals surface area contributed by atoms with Crippen molar-refractivity contribution in [3.05, 3.63) is 35.1 Å². The third kappa shape index (κ3) is 1.55. The first-order valence-electron chi connectivity index (χ1n) is 4.80. The highest BCUT2D eigenvalue weighted by molar-refractivity contribution is 7.99. The molecule has 1 aliphatic heterocycles. The molecule has 1 aromatic carbocycles. The van der Waals surface area contributed by atoms with Crippen molar-refractivity contribution in [1.29, 1.82) is 0 Å². The zero-order valence-electron chi connectivity index (χ0n) is 8.38. The molecule has 2 atom stereocenters. The second-order valence-electron chi connectivity index (χ2n) is 3.59. The summed E-state index contributed by atoms with van der Waals surface area (Å²) in [4.78, 5) is 0. The average Bonchev–Trinajstić information content (AvgIpc) is 2.18. The van der Waals surface area contributed by atoms with E-state index in [-0.39, 0.29) is 11.9 Å². The Labute approximate surface area is 88.1 Å². The van der Waals surface area contributed by atoms with Gasteiger partial charge in [0.1, 0.15) is 5.82 Å². The summed E-state index contributed by atoms with van der Waals surface area (Å²) in [6.45, 7) is 2.18. The highest BCUT2D eigenvalue weighted by atomic mass is 32.2. The molecule has 0 amide bonds. The van der Waals surface area contributed by atoms with E-state index >= 15 is 0 Å². The van der Waals surface area contributed by atoms with Crippen LogP contribution in [0, 0.1) is 5.82 Å². The molecular formula is C11H14FNS. The summed E-state index contributed by atoms with van der Waals surface area (Å²) < 4.78 is 13.5. The van der Waals surface area contributed by atoms with Gasteiger partial charge in [0.25, 0.3) is 0 Å². The van der Waals surface area contributed by atoms with Crippen LogP contribution in [0.4, 0.5) is 4.39 Å². The minimum Gasteiger partial charge on any atom is -0.312 e. The van der Waals surface area contributed by atoms with Crippen LogP contribution in [0.5, 0.6) is 0 Å². The lowest BCUT2D eigenvalue weighted by Crippen LogP contribution is -2.29. The Kier molecular flexibility index (Phi) is 2.79. The van der Waals surface area contributed by atoms with E-state index < -0.39 is 0 Å².